The van der Waals surface area contributed by atoms with Crippen LogP contribution in [0.15, 0.2) is 34.0 Å². The topological polar surface area (TPSA) is 119 Å². The molecular weight excluding hydrogens is 324 g/mol. The van der Waals surface area contributed by atoms with Crippen LogP contribution in [0.5, 0.6) is 5.75 Å². The summed E-state index contributed by atoms with van der Waals surface area (Å²) in [4.78, 5) is 10.7. The smallest absolute Gasteiger partial charge is 0.339 e. The van der Waals surface area contributed by atoms with E-state index in [1.807, 2.05) is 0 Å². The number of sulfonamides is 1. The molecule has 112 valence electrons. The lowest BCUT2D eigenvalue weighted by Crippen LogP contribution is -2.14. The van der Waals surface area contributed by atoms with Gasteiger partial charge in [-0.3, -0.25) is 4.72 Å². The van der Waals surface area contributed by atoms with Crippen molar-refractivity contribution < 1.29 is 27.6 Å². The van der Waals surface area contributed by atoms with Gasteiger partial charge in [-0.15, -0.1) is 0 Å². The summed E-state index contributed by atoms with van der Waals surface area (Å²) >= 11 is 5.85. The molecule has 2 aromatic rings. The van der Waals surface area contributed by atoms with Crippen LogP contribution in [-0.2, 0) is 10.0 Å². The number of anilines is 1. The van der Waals surface area contributed by atoms with Crippen molar-refractivity contribution in [3.63, 3.8) is 0 Å². The van der Waals surface area contributed by atoms with Gasteiger partial charge in [-0.05, 0) is 6.07 Å². The highest BCUT2D eigenvalue weighted by Crippen LogP contribution is 2.31. The summed E-state index contributed by atoms with van der Waals surface area (Å²) in [6, 6.07) is 2.03. The molecule has 0 amide bonds. The summed E-state index contributed by atoms with van der Waals surface area (Å²) in [6.45, 7) is 0. The number of benzene rings is 1. The van der Waals surface area contributed by atoms with E-state index in [1.165, 1.54) is 7.11 Å². The lowest BCUT2D eigenvalue weighted by molar-refractivity contribution is 0.0693. The van der Waals surface area contributed by atoms with E-state index in [4.69, 9.17) is 21.4 Å². The Kier molecular flexibility index (Phi) is 4.05. The van der Waals surface area contributed by atoms with Crippen LogP contribution in [-0.4, -0.2) is 31.8 Å². The summed E-state index contributed by atoms with van der Waals surface area (Å²) in [5.41, 5.74) is -0.140. The molecule has 0 fully saturated rings. The minimum absolute atomic E-state index is 0.104. The standard InChI is InChI=1S/C11H9ClN2O6S/c1-19-9-3-10(8(12)2-7(9)11(15)16)21(17,18)14-6-4-13-20-5-6/h2-5,14H,1H3,(H,15,16). The highest BCUT2D eigenvalue weighted by molar-refractivity contribution is 7.92. The number of carbonyl (C=O) groups is 1. The number of rotatable bonds is 5. The average Bonchev–Trinajstić information content (AvgIpc) is 2.90. The zero-order chi connectivity index (χ0) is 15.6. The average molecular weight is 333 g/mol. The molecule has 1 aromatic carbocycles. The fourth-order valence-corrected chi connectivity index (χ4v) is 3.11. The van der Waals surface area contributed by atoms with Gasteiger partial charge in [0.15, 0.2) is 0 Å². The van der Waals surface area contributed by atoms with Crippen LogP contribution in [0.25, 0.3) is 0 Å². The Labute approximate surface area is 124 Å². The highest BCUT2D eigenvalue weighted by atomic mass is 35.5. The first-order valence-electron chi connectivity index (χ1n) is 5.38. The second-order valence-electron chi connectivity index (χ2n) is 3.81. The molecule has 0 aliphatic heterocycles. The number of hydrogen-bond donors (Lipinski definition) is 2. The fraction of sp³-hybridized carbons (Fsp3) is 0.0909. The van der Waals surface area contributed by atoms with Gasteiger partial charge in [0.1, 0.15) is 28.2 Å². The molecule has 0 atom stereocenters. The number of halogens is 1. The van der Waals surface area contributed by atoms with E-state index in [9.17, 15) is 13.2 Å². The zero-order valence-electron chi connectivity index (χ0n) is 10.5. The minimum atomic E-state index is -4.04. The molecule has 0 saturated heterocycles. The molecule has 0 radical (unpaired) electrons. The van der Waals surface area contributed by atoms with E-state index in [0.717, 1.165) is 24.6 Å². The summed E-state index contributed by atoms with van der Waals surface area (Å²) in [5, 5.41) is 12.1. The van der Waals surface area contributed by atoms with Gasteiger partial charge in [0.25, 0.3) is 10.0 Å². The van der Waals surface area contributed by atoms with Crippen LogP contribution in [0.4, 0.5) is 5.69 Å². The van der Waals surface area contributed by atoms with Crippen LogP contribution in [0.2, 0.25) is 5.02 Å². The molecule has 1 aromatic heterocycles. The largest absolute Gasteiger partial charge is 0.496 e. The van der Waals surface area contributed by atoms with E-state index in [1.54, 1.807) is 0 Å². The van der Waals surface area contributed by atoms with Crippen molar-refractivity contribution in [2.45, 2.75) is 4.90 Å². The fourth-order valence-electron chi connectivity index (χ4n) is 1.54. The second-order valence-corrected chi connectivity index (χ2v) is 5.86. The van der Waals surface area contributed by atoms with Gasteiger partial charge < -0.3 is 14.4 Å². The molecule has 8 nitrogen and oxygen atoms in total. The Morgan fingerprint density at radius 1 is 1.48 bits per heavy atom. The first-order chi connectivity index (χ1) is 9.85. The number of carboxylic acid groups (broad SMARTS) is 1. The minimum Gasteiger partial charge on any atom is -0.496 e. The van der Waals surface area contributed by atoms with Crippen molar-refractivity contribution in [1.82, 2.24) is 5.16 Å². The summed E-state index contributed by atoms with van der Waals surface area (Å²) in [6.07, 6.45) is 2.25. The maximum Gasteiger partial charge on any atom is 0.339 e. The first kappa shape index (κ1) is 15.1. The number of ether oxygens (including phenoxy) is 1. The molecule has 0 saturated carbocycles. The van der Waals surface area contributed by atoms with E-state index in [0.29, 0.717) is 0 Å². The predicted molar refractivity (Wildman–Crippen MR) is 72.3 cm³/mol. The molecule has 0 aliphatic rings. The van der Waals surface area contributed by atoms with Crippen molar-refractivity contribution in [1.29, 1.82) is 0 Å². The third kappa shape index (κ3) is 3.09. The van der Waals surface area contributed by atoms with Crippen molar-refractivity contribution >= 4 is 33.3 Å². The lowest BCUT2D eigenvalue weighted by Gasteiger charge is -2.11. The molecular formula is C11H9ClN2O6S. The molecule has 0 unspecified atom stereocenters. The van der Waals surface area contributed by atoms with E-state index in [2.05, 4.69) is 14.4 Å². The zero-order valence-corrected chi connectivity index (χ0v) is 12.1. The van der Waals surface area contributed by atoms with E-state index >= 15 is 0 Å². The van der Waals surface area contributed by atoms with Gasteiger partial charge in [0.2, 0.25) is 0 Å². The molecule has 10 heteroatoms. The van der Waals surface area contributed by atoms with Gasteiger partial charge in [-0.2, -0.15) is 0 Å². The summed E-state index contributed by atoms with van der Waals surface area (Å²) in [5.74, 6) is -1.41. The maximum absolute atomic E-state index is 12.2. The van der Waals surface area contributed by atoms with Gasteiger partial charge in [-0.1, -0.05) is 16.8 Å². The van der Waals surface area contributed by atoms with Gasteiger partial charge >= 0.3 is 5.97 Å². The second kappa shape index (κ2) is 5.62. The maximum atomic E-state index is 12.2. The van der Waals surface area contributed by atoms with Gasteiger partial charge in [-0.25, -0.2) is 13.2 Å². The van der Waals surface area contributed by atoms with Crippen LogP contribution in [0.3, 0.4) is 0 Å². The number of hydrogen-bond acceptors (Lipinski definition) is 6. The monoisotopic (exact) mass is 332 g/mol. The molecule has 21 heavy (non-hydrogen) atoms. The Hall–Kier alpha value is -2.26. The number of nitrogens with one attached hydrogen (secondary N) is 1. The van der Waals surface area contributed by atoms with Crippen LogP contribution in [0, 0.1) is 0 Å². The van der Waals surface area contributed by atoms with Crippen LogP contribution < -0.4 is 9.46 Å². The van der Waals surface area contributed by atoms with Crippen LogP contribution >= 0.6 is 11.6 Å². The van der Waals surface area contributed by atoms with Crippen LogP contribution in [0.1, 0.15) is 10.4 Å². The normalized spacial score (nSPS) is 11.1. The lowest BCUT2D eigenvalue weighted by atomic mass is 10.2. The predicted octanol–water partition coefficient (Wildman–Crippen LogP) is 1.84. The summed E-state index contributed by atoms with van der Waals surface area (Å²) in [7, 11) is -2.82. The molecule has 2 rings (SSSR count). The molecule has 1 heterocycles. The number of aromatic nitrogens is 1. The quantitative estimate of drug-likeness (QED) is 0.857. The number of methoxy groups -OCH3 is 1. The third-order valence-corrected chi connectivity index (χ3v) is 4.30. The summed E-state index contributed by atoms with van der Waals surface area (Å²) < 4.78 is 36.0. The Morgan fingerprint density at radius 3 is 2.71 bits per heavy atom. The Bertz CT molecular complexity index is 772. The first-order valence-corrected chi connectivity index (χ1v) is 7.24. The molecule has 0 spiro atoms. The van der Waals surface area contributed by atoms with Gasteiger partial charge in [0, 0.05) is 6.07 Å². The number of carboxylic acids is 1. The highest BCUT2D eigenvalue weighted by Gasteiger charge is 2.23. The molecule has 2 N–H and O–H groups in total. The Morgan fingerprint density at radius 2 is 2.19 bits per heavy atom. The van der Waals surface area contributed by atoms with Gasteiger partial charge in [0.05, 0.1) is 18.3 Å². The number of aromatic carboxylic acids is 1. The van der Waals surface area contributed by atoms with Crippen molar-refractivity contribution in [3.8, 4) is 5.75 Å². The SMILES string of the molecule is COc1cc(S(=O)(=O)Nc2cnoc2)c(Cl)cc1C(=O)O. The van der Waals surface area contributed by atoms with E-state index in [-0.39, 0.29) is 26.9 Å². The van der Waals surface area contributed by atoms with Crippen molar-refractivity contribution in [3.05, 3.63) is 35.2 Å². The molecule has 0 bridgehead atoms. The Balaban J connectivity index is 2.51. The number of nitrogens with zero attached hydrogens (tertiary/aromatic N) is 1. The van der Waals surface area contributed by atoms with Crippen molar-refractivity contribution in [2.24, 2.45) is 0 Å². The molecule has 0 aliphatic carbocycles. The van der Waals surface area contributed by atoms with Crippen molar-refractivity contribution in [2.75, 3.05) is 11.8 Å². The van der Waals surface area contributed by atoms with E-state index < -0.39 is 16.0 Å². The third-order valence-electron chi connectivity index (χ3n) is 2.46.